The van der Waals surface area contributed by atoms with Gasteiger partial charge in [-0.3, -0.25) is 4.79 Å². The van der Waals surface area contributed by atoms with Gasteiger partial charge in [-0.15, -0.1) is 0 Å². The van der Waals surface area contributed by atoms with Crippen molar-refractivity contribution in [2.24, 2.45) is 0 Å². The highest BCUT2D eigenvalue weighted by molar-refractivity contribution is 5.74. The highest BCUT2D eigenvalue weighted by atomic mass is 16.6. The Bertz CT molecular complexity index is 593. The first-order valence-corrected chi connectivity index (χ1v) is 6.90. The van der Waals surface area contributed by atoms with E-state index in [0.717, 1.165) is 5.56 Å². The number of rotatable bonds is 6. The molecule has 0 bridgehead atoms. The molecule has 0 aliphatic rings. The second-order valence-electron chi connectivity index (χ2n) is 4.60. The van der Waals surface area contributed by atoms with Crippen LogP contribution in [0.5, 0.6) is 17.2 Å². The lowest BCUT2D eigenvalue weighted by atomic mass is 10.2. The number of aromatic hydroxyl groups is 1. The van der Waals surface area contributed by atoms with Gasteiger partial charge in [0.2, 0.25) is 5.75 Å². The van der Waals surface area contributed by atoms with Crippen molar-refractivity contribution in [3.05, 3.63) is 54.1 Å². The van der Waals surface area contributed by atoms with Gasteiger partial charge in [0.1, 0.15) is 6.61 Å². The minimum Gasteiger partial charge on any atom is -0.504 e. The molecule has 2 rings (SSSR count). The number of phenols is 1. The first-order valence-electron chi connectivity index (χ1n) is 6.90. The lowest BCUT2D eigenvalue weighted by Crippen LogP contribution is -2.08. The molecule has 2 aromatic rings. The predicted octanol–water partition coefficient (Wildman–Crippen LogP) is 3.68. The van der Waals surface area contributed by atoms with Gasteiger partial charge >= 0.3 is 5.97 Å². The van der Waals surface area contributed by atoms with E-state index in [2.05, 4.69) is 0 Å². The van der Waals surface area contributed by atoms with Gasteiger partial charge in [0, 0.05) is 6.42 Å². The largest absolute Gasteiger partial charge is 0.504 e. The highest BCUT2D eigenvalue weighted by Gasteiger charge is 2.14. The van der Waals surface area contributed by atoms with Gasteiger partial charge < -0.3 is 14.6 Å². The van der Waals surface area contributed by atoms with Crippen LogP contribution in [-0.2, 0) is 11.4 Å². The number of phenolic OH excluding ortho intramolecular Hbond substituents is 1. The maximum atomic E-state index is 11.6. The quantitative estimate of drug-likeness (QED) is 0.650. The molecule has 0 aromatic heterocycles. The number of esters is 1. The number of benzene rings is 2. The van der Waals surface area contributed by atoms with Gasteiger partial charge in [-0.05, 0) is 24.1 Å². The van der Waals surface area contributed by atoms with Crippen LogP contribution in [0.3, 0.4) is 0 Å². The molecule has 0 aliphatic carbocycles. The van der Waals surface area contributed by atoms with Crippen LogP contribution in [0.25, 0.3) is 0 Å². The predicted molar refractivity (Wildman–Crippen MR) is 79.4 cm³/mol. The molecule has 0 atom stereocenters. The van der Waals surface area contributed by atoms with Crippen molar-refractivity contribution >= 4 is 5.97 Å². The number of para-hydroxylation sites is 1. The van der Waals surface area contributed by atoms with Crippen LogP contribution in [0, 0.1) is 0 Å². The molecule has 4 nitrogen and oxygen atoms in total. The molecule has 0 fully saturated rings. The van der Waals surface area contributed by atoms with Gasteiger partial charge in [-0.25, -0.2) is 0 Å². The van der Waals surface area contributed by atoms with E-state index in [-0.39, 0.29) is 17.5 Å². The average molecular weight is 286 g/mol. The average Bonchev–Trinajstić information content (AvgIpc) is 2.49. The summed E-state index contributed by atoms with van der Waals surface area (Å²) in [6, 6.07) is 14.4. The number of ether oxygens (including phenoxy) is 2. The smallest absolute Gasteiger partial charge is 0.311 e. The number of carbonyl (C=O) groups excluding carboxylic acids is 1. The topological polar surface area (TPSA) is 55.8 Å². The summed E-state index contributed by atoms with van der Waals surface area (Å²) in [5.74, 6) is -0.0660. The van der Waals surface area contributed by atoms with E-state index in [4.69, 9.17) is 9.47 Å². The molecule has 0 unspecified atom stereocenters. The molecular weight excluding hydrogens is 268 g/mol. The van der Waals surface area contributed by atoms with E-state index in [1.54, 1.807) is 12.1 Å². The Hall–Kier alpha value is -2.49. The molecule has 21 heavy (non-hydrogen) atoms. The zero-order valence-corrected chi connectivity index (χ0v) is 11.9. The molecule has 0 radical (unpaired) electrons. The van der Waals surface area contributed by atoms with Gasteiger partial charge in [0.15, 0.2) is 11.5 Å². The van der Waals surface area contributed by atoms with Crippen molar-refractivity contribution in [3.8, 4) is 17.2 Å². The molecule has 2 aromatic carbocycles. The van der Waals surface area contributed by atoms with E-state index in [1.165, 1.54) is 6.07 Å². The Morgan fingerprint density at radius 2 is 1.86 bits per heavy atom. The Kier molecular flexibility index (Phi) is 5.21. The summed E-state index contributed by atoms with van der Waals surface area (Å²) in [5.41, 5.74) is 0.992. The van der Waals surface area contributed by atoms with Gasteiger partial charge in [-0.1, -0.05) is 43.3 Å². The van der Waals surface area contributed by atoms with Crippen molar-refractivity contribution in [3.63, 3.8) is 0 Å². The zero-order valence-electron chi connectivity index (χ0n) is 11.9. The molecule has 0 saturated heterocycles. The standard InChI is InChI=1S/C17H18O4/c1-2-7-16(19)21-17-14(18)10-6-11-15(17)20-12-13-8-4-3-5-9-13/h3-6,8-11,18H,2,7,12H2,1H3. The third kappa shape index (κ3) is 4.24. The first-order chi connectivity index (χ1) is 10.2. The Labute approximate surface area is 123 Å². The first kappa shape index (κ1) is 14.9. The molecule has 110 valence electrons. The molecule has 0 heterocycles. The summed E-state index contributed by atoms with van der Waals surface area (Å²) in [4.78, 5) is 11.6. The summed E-state index contributed by atoms with van der Waals surface area (Å²) in [6.07, 6.45) is 0.985. The van der Waals surface area contributed by atoms with Crippen molar-refractivity contribution in [2.45, 2.75) is 26.4 Å². The second kappa shape index (κ2) is 7.33. The van der Waals surface area contributed by atoms with Crippen molar-refractivity contribution < 1.29 is 19.4 Å². The van der Waals surface area contributed by atoms with Crippen LogP contribution >= 0.6 is 0 Å². The molecule has 0 aliphatic heterocycles. The van der Waals surface area contributed by atoms with Crippen molar-refractivity contribution in [1.29, 1.82) is 0 Å². The second-order valence-corrected chi connectivity index (χ2v) is 4.60. The minimum absolute atomic E-state index is 0.0758. The van der Waals surface area contributed by atoms with Gasteiger partial charge in [0.05, 0.1) is 0 Å². The fourth-order valence-electron chi connectivity index (χ4n) is 1.82. The third-order valence-corrected chi connectivity index (χ3v) is 2.87. The number of hydrogen-bond donors (Lipinski definition) is 1. The SMILES string of the molecule is CCCC(=O)Oc1c(O)cccc1OCc1ccccc1. The number of hydrogen-bond acceptors (Lipinski definition) is 4. The Morgan fingerprint density at radius 3 is 2.57 bits per heavy atom. The molecule has 0 spiro atoms. The molecule has 1 N–H and O–H groups in total. The summed E-state index contributed by atoms with van der Waals surface area (Å²) in [6.45, 7) is 2.22. The van der Waals surface area contributed by atoms with Crippen LogP contribution in [-0.4, -0.2) is 11.1 Å². The van der Waals surface area contributed by atoms with E-state index < -0.39 is 0 Å². The highest BCUT2D eigenvalue weighted by Crippen LogP contribution is 2.36. The summed E-state index contributed by atoms with van der Waals surface area (Å²) in [5, 5.41) is 9.85. The lowest BCUT2D eigenvalue weighted by molar-refractivity contribution is -0.134. The third-order valence-electron chi connectivity index (χ3n) is 2.87. The van der Waals surface area contributed by atoms with Crippen LogP contribution < -0.4 is 9.47 Å². The summed E-state index contributed by atoms with van der Waals surface area (Å²) < 4.78 is 10.8. The summed E-state index contributed by atoms with van der Waals surface area (Å²) >= 11 is 0. The van der Waals surface area contributed by atoms with E-state index in [9.17, 15) is 9.90 Å². The maximum absolute atomic E-state index is 11.6. The number of carbonyl (C=O) groups is 1. The fourth-order valence-corrected chi connectivity index (χ4v) is 1.82. The Balaban J connectivity index is 2.11. The normalized spacial score (nSPS) is 10.1. The van der Waals surface area contributed by atoms with Crippen molar-refractivity contribution in [2.75, 3.05) is 0 Å². The monoisotopic (exact) mass is 286 g/mol. The molecule has 0 amide bonds. The van der Waals surface area contributed by atoms with Crippen LogP contribution in [0.1, 0.15) is 25.3 Å². The van der Waals surface area contributed by atoms with Crippen LogP contribution in [0.4, 0.5) is 0 Å². The van der Waals surface area contributed by atoms with Gasteiger partial charge in [-0.2, -0.15) is 0 Å². The van der Waals surface area contributed by atoms with E-state index >= 15 is 0 Å². The van der Waals surface area contributed by atoms with Crippen molar-refractivity contribution in [1.82, 2.24) is 0 Å². The molecular formula is C17H18O4. The maximum Gasteiger partial charge on any atom is 0.311 e. The zero-order chi connectivity index (χ0) is 15.1. The van der Waals surface area contributed by atoms with E-state index in [0.29, 0.717) is 25.2 Å². The van der Waals surface area contributed by atoms with Crippen LogP contribution in [0.2, 0.25) is 0 Å². The summed E-state index contributed by atoms with van der Waals surface area (Å²) in [7, 11) is 0. The van der Waals surface area contributed by atoms with Gasteiger partial charge in [0.25, 0.3) is 0 Å². The Morgan fingerprint density at radius 1 is 1.10 bits per heavy atom. The molecule has 0 saturated carbocycles. The van der Waals surface area contributed by atoms with E-state index in [1.807, 2.05) is 37.3 Å². The minimum atomic E-state index is -0.386. The molecule has 4 heteroatoms. The fraction of sp³-hybridized carbons (Fsp3) is 0.235. The van der Waals surface area contributed by atoms with Crippen LogP contribution in [0.15, 0.2) is 48.5 Å². The lowest BCUT2D eigenvalue weighted by Gasteiger charge is -2.12.